The molecule has 152 valence electrons. The summed E-state index contributed by atoms with van der Waals surface area (Å²) < 4.78 is 11.3. The number of nitrogens with zero attached hydrogens (tertiary/aromatic N) is 3. The Morgan fingerprint density at radius 3 is 2.78 bits per heavy atom. The smallest absolute Gasteiger partial charge is 0.161 e. The van der Waals surface area contributed by atoms with E-state index in [0.29, 0.717) is 18.0 Å². The predicted octanol–water partition coefficient (Wildman–Crippen LogP) is 1.21. The molecule has 1 unspecified atom stereocenters. The molecule has 7 heteroatoms. The first kappa shape index (κ1) is 20.4. The van der Waals surface area contributed by atoms with E-state index in [0.717, 1.165) is 64.3 Å². The number of hydroxylamine groups is 2. The molecule has 7 nitrogen and oxygen atoms in total. The van der Waals surface area contributed by atoms with Crippen molar-refractivity contribution in [3.05, 3.63) is 23.8 Å². The molecule has 0 aliphatic carbocycles. The summed E-state index contributed by atoms with van der Waals surface area (Å²) in [5.74, 6) is 1.36. The monoisotopic (exact) mass is 379 g/mol. The minimum absolute atomic E-state index is 0.256. The Hall–Kier alpha value is -1.38. The average molecular weight is 380 g/mol. The van der Waals surface area contributed by atoms with Crippen LogP contribution in [0.1, 0.15) is 18.4 Å². The fourth-order valence-corrected chi connectivity index (χ4v) is 3.58. The van der Waals surface area contributed by atoms with Gasteiger partial charge < -0.3 is 19.5 Å². The zero-order valence-electron chi connectivity index (χ0n) is 16.6. The van der Waals surface area contributed by atoms with Gasteiger partial charge in [-0.05, 0) is 50.7 Å². The quantitative estimate of drug-likeness (QED) is 0.729. The predicted molar refractivity (Wildman–Crippen MR) is 104 cm³/mol. The molecule has 0 aromatic heterocycles. The van der Waals surface area contributed by atoms with Crippen LogP contribution in [-0.2, 0) is 11.4 Å². The van der Waals surface area contributed by atoms with Crippen LogP contribution in [0.3, 0.4) is 0 Å². The maximum absolute atomic E-state index is 10.4. The van der Waals surface area contributed by atoms with Crippen LogP contribution in [0.25, 0.3) is 0 Å². The van der Waals surface area contributed by atoms with Crippen LogP contribution in [0.15, 0.2) is 18.2 Å². The van der Waals surface area contributed by atoms with Crippen molar-refractivity contribution in [3.8, 4) is 11.5 Å². The third-order valence-electron chi connectivity index (χ3n) is 5.12. The van der Waals surface area contributed by atoms with Gasteiger partial charge in [0, 0.05) is 32.7 Å². The molecule has 2 fully saturated rings. The van der Waals surface area contributed by atoms with E-state index in [1.807, 2.05) is 23.3 Å². The number of rotatable bonds is 8. The van der Waals surface area contributed by atoms with Crippen molar-refractivity contribution >= 4 is 0 Å². The maximum Gasteiger partial charge on any atom is 0.161 e. The van der Waals surface area contributed by atoms with Gasteiger partial charge in [-0.2, -0.15) is 5.06 Å². The summed E-state index contributed by atoms with van der Waals surface area (Å²) in [5, 5.41) is 12.4. The first-order valence-electron chi connectivity index (χ1n) is 9.90. The third kappa shape index (κ3) is 6.33. The van der Waals surface area contributed by atoms with Crippen LogP contribution in [0.5, 0.6) is 11.5 Å². The maximum atomic E-state index is 10.4. The van der Waals surface area contributed by atoms with Crippen molar-refractivity contribution in [2.45, 2.75) is 25.5 Å². The molecule has 3 rings (SSSR count). The highest BCUT2D eigenvalue weighted by Gasteiger charge is 2.18. The number of aliphatic hydroxyl groups excluding tert-OH is 1. The number of ether oxygens (including phenoxy) is 2. The molecule has 1 aromatic rings. The number of methoxy groups -OCH3 is 1. The lowest BCUT2D eigenvalue weighted by Crippen LogP contribution is -2.37. The van der Waals surface area contributed by atoms with E-state index in [2.05, 4.69) is 16.8 Å². The van der Waals surface area contributed by atoms with Crippen LogP contribution in [0.2, 0.25) is 0 Å². The van der Waals surface area contributed by atoms with Gasteiger partial charge in [0.05, 0.1) is 13.7 Å². The molecule has 2 saturated heterocycles. The first-order chi connectivity index (χ1) is 13.1. The Morgan fingerprint density at radius 2 is 2.00 bits per heavy atom. The lowest BCUT2D eigenvalue weighted by Gasteiger charge is -2.23. The number of hydrogen-bond acceptors (Lipinski definition) is 7. The van der Waals surface area contributed by atoms with Gasteiger partial charge in [0.25, 0.3) is 0 Å². The summed E-state index contributed by atoms with van der Waals surface area (Å²) in [6.07, 6.45) is 1.68. The van der Waals surface area contributed by atoms with Gasteiger partial charge in [-0.3, -0.25) is 9.74 Å². The van der Waals surface area contributed by atoms with E-state index in [1.165, 1.54) is 0 Å². The molecule has 1 aromatic carbocycles. The Morgan fingerprint density at radius 1 is 1.11 bits per heavy atom. The summed E-state index contributed by atoms with van der Waals surface area (Å²) in [7, 11) is 3.78. The molecule has 2 aliphatic heterocycles. The van der Waals surface area contributed by atoms with E-state index in [1.54, 1.807) is 7.11 Å². The van der Waals surface area contributed by atoms with Crippen LogP contribution in [0, 0.1) is 0 Å². The number of aliphatic hydroxyl groups is 1. The third-order valence-corrected chi connectivity index (χ3v) is 5.12. The normalized spacial score (nSPS) is 21.1. The highest BCUT2D eigenvalue weighted by molar-refractivity contribution is 5.43. The van der Waals surface area contributed by atoms with Gasteiger partial charge in [0.1, 0.15) is 12.7 Å². The van der Waals surface area contributed by atoms with Crippen molar-refractivity contribution in [2.24, 2.45) is 0 Å². The molecule has 27 heavy (non-hydrogen) atoms. The summed E-state index contributed by atoms with van der Waals surface area (Å²) in [5.41, 5.74) is 1.11. The van der Waals surface area contributed by atoms with Crippen molar-refractivity contribution in [1.82, 2.24) is 14.9 Å². The fraction of sp³-hybridized carbons (Fsp3) is 0.700. The number of β-amino-alcohol motifs (C(OH)–C–C–N with tert-alkyl or cyclic N) is 1. The second kappa shape index (κ2) is 10.2. The van der Waals surface area contributed by atoms with Crippen LogP contribution in [0.4, 0.5) is 0 Å². The molecule has 1 N–H and O–H groups in total. The lowest BCUT2D eigenvalue weighted by molar-refractivity contribution is -0.117. The van der Waals surface area contributed by atoms with E-state index in [-0.39, 0.29) is 6.61 Å². The van der Waals surface area contributed by atoms with Gasteiger partial charge in [0.2, 0.25) is 0 Å². The minimum Gasteiger partial charge on any atom is -0.493 e. The molecule has 0 saturated carbocycles. The standard InChI is InChI=1S/C20H33N3O4/c1-21-7-3-8-22(11-10-21)15-18(24)16-26-20-13-17(5-6-19(20)25-2)14-23-9-4-12-27-23/h5-6,13,18,24H,3-4,7-12,14-16H2,1-2H3. The second-order valence-corrected chi connectivity index (χ2v) is 7.46. The minimum atomic E-state index is -0.524. The fourth-order valence-electron chi connectivity index (χ4n) is 3.58. The van der Waals surface area contributed by atoms with Crippen molar-refractivity contribution < 1.29 is 19.4 Å². The summed E-state index contributed by atoms with van der Waals surface area (Å²) in [4.78, 5) is 10.2. The summed E-state index contributed by atoms with van der Waals surface area (Å²) in [6, 6.07) is 5.92. The van der Waals surface area contributed by atoms with Gasteiger partial charge in [-0.15, -0.1) is 0 Å². The summed E-state index contributed by atoms with van der Waals surface area (Å²) >= 11 is 0. The Balaban J connectivity index is 1.52. The van der Waals surface area contributed by atoms with Gasteiger partial charge in [0.15, 0.2) is 11.5 Å². The molecule has 0 bridgehead atoms. The van der Waals surface area contributed by atoms with Crippen molar-refractivity contribution in [3.63, 3.8) is 0 Å². The Bertz CT molecular complexity index is 580. The molecule has 0 amide bonds. The molecule has 0 radical (unpaired) electrons. The van der Waals surface area contributed by atoms with Crippen LogP contribution in [-0.4, -0.2) is 92.7 Å². The molecular weight excluding hydrogens is 346 g/mol. The number of likely N-dealkylation sites (N-methyl/N-ethyl adjacent to an activating group) is 1. The molecule has 0 spiro atoms. The largest absolute Gasteiger partial charge is 0.493 e. The average Bonchev–Trinajstić information content (AvgIpc) is 3.09. The number of benzene rings is 1. The summed E-state index contributed by atoms with van der Waals surface area (Å²) in [6.45, 7) is 7.53. The van der Waals surface area contributed by atoms with Crippen molar-refractivity contribution in [2.75, 3.05) is 66.6 Å². The van der Waals surface area contributed by atoms with E-state index >= 15 is 0 Å². The molecular formula is C20H33N3O4. The van der Waals surface area contributed by atoms with Crippen LogP contribution < -0.4 is 9.47 Å². The van der Waals surface area contributed by atoms with Gasteiger partial charge in [-0.1, -0.05) is 6.07 Å². The second-order valence-electron chi connectivity index (χ2n) is 7.46. The topological polar surface area (TPSA) is 57.6 Å². The van der Waals surface area contributed by atoms with E-state index in [4.69, 9.17) is 14.3 Å². The molecule has 2 aliphatic rings. The van der Waals surface area contributed by atoms with Crippen LogP contribution >= 0.6 is 0 Å². The lowest BCUT2D eigenvalue weighted by atomic mass is 10.2. The zero-order valence-corrected chi connectivity index (χ0v) is 16.6. The number of hydrogen-bond donors (Lipinski definition) is 1. The molecule has 1 atom stereocenters. The first-order valence-corrected chi connectivity index (χ1v) is 9.90. The highest BCUT2D eigenvalue weighted by atomic mass is 16.7. The Kier molecular flexibility index (Phi) is 7.72. The SMILES string of the molecule is COc1ccc(CN2CCCO2)cc1OCC(O)CN1CCCN(C)CC1. The van der Waals surface area contributed by atoms with Gasteiger partial charge in [-0.25, -0.2) is 0 Å². The zero-order chi connectivity index (χ0) is 19.1. The molecule has 2 heterocycles. The Labute approximate surface area is 162 Å². The highest BCUT2D eigenvalue weighted by Crippen LogP contribution is 2.29. The van der Waals surface area contributed by atoms with Gasteiger partial charge >= 0.3 is 0 Å². The van der Waals surface area contributed by atoms with E-state index in [9.17, 15) is 5.11 Å². The van der Waals surface area contributed by atoms with Crippen molar-refractivity contribution in [1.29, 1.82) is 0 Å². The van der Waals surface area contributed by atoms with E-state index < -0.39 is 6.10 Å².